The van der Waals surface area contributed by atoms with Gasteiger partial charge in [-0.2, -0.15) is 4.33 Å². The highest BCUT2D eigenvalue weighted by Crippen LogP contribution is 2.55. The summed E-state index contributed by atoms with van der Waals surface area (Å²) in [6.45, 7) is 8.10. The van der Waals surface area contributed by atoms with Gasteiger partial charge in [-0.05, 0) is 193 Å². The van der Waals surface area contributed by atoms with E-state index in [0.29, 0.717) is 108 Å². The van der Waals surface area contributed by atoms with Gasteiger partial charge in [-0.15, -0.1) is 0 Å². The van der Waals surface area contributed by atoms with Gasteiger partial charge in [0.25, 0.3) is 0 Å². The molecule has 0 fully saturated rings. The topological polar surface area (TPSA) is 495 Å². The van der Waals surface area contributed by atoms with Gasteiger partial charge in [0.15, 0.2) is 5.71 Å². The maximum absolute atomic E-state index is 12.5. The maximum atomic E-state index is 12.5. The number of carboxylic acids is 2. The molecular formula is C71H79BrN5O25S7-5. The lowest BCUT2D eigenvalue weighted by molar-refractivity contribution is -0.850. The standard InChI is InChI=1S/C39H46BrN3O14S4.C32H38N2O11S3/c1-38(2)30-22-26(40)25-42(18-10-20-58(46,47)48)37(30)41-33(38)12-6-4-7-13-34-39(3,17-9-5-8-14-35(44)45)36-29-23-27(60(52,53)54)24-32(61(55,56)57)28(29)15-16-31(36)43(34)19-11-21-59(49,50)51;1-32(17-8-3-6-14-30(35)36)29(13-7-9-18-33-23-11-4-2-5-12-23)34(19-10-20-47(38,39)40)27-16-15-25-26(31(27)32)21-24(48(41,42)43)22-28(25)46-45-44-37/h4,6-7,12-13,15-16,22-25H,5,8-11,14,17-21H2,1-3H3,(H4-,44,45,46,47,48,49,50,51,52,53,54,55,56,57);2,4-5,7,9,11-13,15-16,18,21-22,29,33,37H,3,6,8,10,14,17,19-20H2,1H3,(H,35,36)(H,38,39,40)(H,41,42,43)/p-5/b;13-7+,18-9+. The van der Waals surface area contributed by atoms with Gasteiger partial charge in [-0.1, -0.05) is 74.3 Å². The monoisotopic (exact) mass is 1700 g/mol. The van der Waals surface area contributed by atoms with Crippen LogP contribution in [-0.2, 0) is 102 Å². The van der Waals surface area contributed by atoms with Gasteiger partial charge in [-0.3, -0.25) is 19.5 Å². The first-order chi connectivity index (χ1) is 50.9. The van der Waals surface area contributed by atoms with Crippen molar-refractivity contribution in [3.63, 3.8) is 0 Å². The Balaban J connectivity index is 0.000000282. The molecular weight excluding hydrogens is 1630 g/mol. The number of hydrogen-bond acceptors (Lipinski definition) is 27. The molecule has 4 N–H and O–H groups in total. The zero-order valence-corrected chi connectivity index (χ0v) is 66.5. The molecule has 0 aliphatic carbocycles. The number of aryl methyl sites for hydroxylation is 1. The summed E-state index contributed by atoms with van der Waals surface area (Å²) >= 11 is 3.96. The number of rotatable bonds is 37. The Morgan fingerprint density at radius 1 is 0.651 bits per heavy atom. The average Bonchev–Trinajstić information content (AvgIpc) is 1.58. The third-order valence-electron chi connectivity index (χ3n) is 19.2. The number of fused-ring (bicyclic) bond motifs is 7. The van der Waals surface area contributed by atoms with E-state index in [1.54, 1.807) is 71.3 Å². The zero-order valence-electron chi connectivity index (χ0n) is 59.2. The number of quaternary nitrogens is 1. The molecule has 6 aromatic rings. The fraction of sp³-hybridized carbons (Fsp3) is 0.380. The summed E-state index contributed by atoms with van der Waals surface area (Å²) in [6, 6.07) is 21.3. The van der Waals surface area contributed by atoms with Crippen molar-refractivity contribution in [2.45, 2.75) is 160 Å². The van der Waals surface area contributed by atoms with Crippen molar-refractivity contribution >= 4 is 151 Å². The Labute approximate surface area is 645 Å². The minimum atomic E-state index is -5.33. The Bertz CT molecular complexity index is 5350. The minimum Gasteiger partial charge on any atom is -0.748 e. The Morgan fingerprint density at radius 3 is 1.85 bits per heavy atom. The molecule has 0 saturated heterocycles. The number of para-hydroxylation sites is 1. The summed E-state index contributed by atoms with van der Waals surface area (Å²) < 4.78 is 222. The summed E-state index contributed by atoms with van der Waals surface area (Å²) in [4.78, 5) is 27.5. The van der Waals surface area contributed by atoms with Crippen LogP contribution < -0.4 is 24.9 Å². The van der Waals surface area contributed by atoms with Crippen molar-refractivity contribution in [3.05, 3.63) is 173 Å². The number of pyridine rings is 1. The number of anilines is 2. The number of aromatic nitrogens is 1. The molecule has 0 saturated carbocycles. The maximum Gasteiger partial charge on any atom is 0.327 e. The molecule has 9 rings (SSSR count). The first kappa shape index (κ1) is 87.4. The number of carbonyl (C=O) groups is 2. The molecule has 3 aliphatic rings. The van der Waals surface area contributed by atoms with Gasteiger partial charge >= 0.3 is 17.8 Å². The van der Waals surface area contributed by atoms with E-state index in [9.17, 15) is 97.8 Å². The van der Waals surface area contributed by atoms with E-state index in [2.05, 4.69) is 30.6 Å². The molecule has 4 unspecified atom stereocenters. The van der Waals surface area contributed by atoms with Crippen molar-refractivity contribution in [3.8, 4) is 0 Å². The van der Waals surface area contributed by atoms with Crippen LogP contribution in [0.3, 0.4) is 0 Å². The van der Waals surface area contributed by atoms with E-state index in [-0.39, 0.29) is 79.9 Å². The lowest BCUT2D eigenvalue weighted by Crippen LogP contribution is -3.11. The molecule has 0 bridgehead atoms. The number of benzene rings is 5. The number of unbranched alkanes of at least 4 members (excludes halogenated alkanes) is 4. The molecule has 109 heavy (non-hydrogen) atoms. The Hall–Kier alpha value is -7.19. The Kier molecular flexibility index (Phi) is 28.9. The molecule has 0 spiro atoms. The second-order valence-electron chi connectivity index (χ2n) is 27.2. The number of hydrogen-bond donors (Lipinski definition) is 4. The Morgan fingerprint density at radius 2 is 1.25 bits per heavy atom. The molecule has 1 aromatic heterocycles. The highest BCUT2D eigenvalue weighted by atomic mass is 79.9. The molecule has 0 radical (unpaired) electrons. The van der Waals surface area contributed by atoms with Crippen molar-refractivity contribution < 1.29 is 122 Å². The van der Waals surface area contributed by atoms with Crippen LogP contribution in [-0.4, -0.2) is 142 Å². The van der Waals surface area contributed by atoms with Crippen molar-refractivity contribution in [1.29, 1.82) is 0 Å². The third kappa shape index (κ3) is 22.8. The summed E-state index contributed by atoms with van der Waals surface area (Å²) in [6.07, 6.45) is 21.2. The average molecular weight is 1710 g/mol. The third-order valence-corrected chi connectivity index (χ3v) is 25.2. The molecule has 3 aliphatic heterocycles. The lowest BCUT2D eigenvalue weighted by Gasteiger charge is -2.32. The van der Waals surface area contributed by atoms with Crippen LogP contribution in [0.5, 0.6) is 0 Å². The van der Waals surface area contributed by atoms with Crippen LogP contribution in [0.2, 0.25) is 0 Å². The van der Waals surface area contributed by atoms with E-state index >= 15 is 0 Å². The van der Waals surface area contributed by atoms with Crippen LogP contribution in [0, 0.1) is 0 Å². The lowest BCUT2D eigenvalue weighted by atomic mass is 9.72. The van der Waals surface area contributed by atoms with Crippen LogP contribution in [0.15, 0.2) is 181 Å². The van der Waals surface area contributed by atoms with Crippen molar-refractivity contribution in [2.75, 3.05) is 40.6 Å². The van der Waals surface area contributed by atoms with E-state index in [1.165, 1.54) is 18.2 Å². The summed E-state index contributed by atoms with van der Waals surface area (Å²) in [7, 11) is -29.1. The van der Waals surface area contributed by atoms with Gasteiger partial charge in [-0.25, -0.2) is 55.1 Å². The second kappa shape index (κ2) is 36.1. The molecule has 592 valence electrons. The zero-order chi connectivity index (χ0) is 80.3. The number of nitrogens with zero attached hydrogens (tertiary/aromatic N) is 3. The van der Waals surface area contributed by atoms with Crippen LogP contribution >= 0.6 is 28.0 Å². The second-order valence-corrected chi connectivity index (χ2v) is 37.6. The number of carboxylic acid groups (broad SMARTS) is 2. The van der Waals surface area contributed by atoms with Crippen LogP contribution in [0.4, 0.5) is 22.9 Å². The fourth-order valence-corrected chi connectivity index (χ4v) is 18.8. The first-order valence-corrected chi connectivity index (χ1v) is 44.5. The SMILES string of the molecule is CC1(C)C(/C=C/C=C/C=C2\N(CCCS(=O)(=O)[O-])c3ccc4c(S(=O)(=O)[O-])cc(S(=O)(=O)[O-])cc4c3C2(C)CCCCCC(=O)O)=Nc2c1cc(Br)c[n+]2CCCS(=O)(=O)[O-].CC1(CCCCCC(=O)O)c2c(ccc3c(SOO[O-])cc(S(=O)(=O)[O-])cc23)[NH+](CCCS(=O)(=O)[O-])C1/C=C/C=C/Nc1ccccc1. The van der Waals surface area contributed by atoms with E-state index in [4.69, 9.17) is 10.1 Å². The van der Waals surface area contributed by atoms with Gasteiger partial charge in [0.05, 0.1) is 91.0 Å². The summed E-state index contributed by atoms with van der Waals surface area (Å²) in [5.41, 5.74) is 2.52. The number of halogens is 1. The molecule has 30 nitrogen and oxygen atoms in total. The largest absolute Gasteiger partial charge is 0.748 e. The highest BCUT2D eigenvalue weighted by molar-refractivity contribution is 9.10. The van der Waals surface area contributed by atoms with Gasteiger partial charge in [0.1, 0.15) is 48.3 Å². The van der Waals surface area contributed by atoms with Crippen molar-refractivity contribution in [1.82, 2.24) is 0 Å². The number of allylic oxidation sites excluding steroid dienone is 8. The van der Waals surface area contributed by atoms with Crippen molar-refractivity contribution in [2.24, 2.45) is 4.99 Å². The molecule has 4 atom stereocenters. The molecule has 4 heterocycles. The molecule has 38 heteroatoms. The van der Waals surface area contributed by atoms with Gasteiger partial charge in [0.2, 0.25) is 0 Å². The van der Waals surface area contributed by atoms with E-state index < -0.39 is 121 Å². The quantitative estimate of drug-likeness (QED) is 0.00545. The minimum absolute atomic E-state index is 0.00685. The number of aliphatic carboxylic acids is 2. The first-order valence-electron chi connectivity index (χ1n) is 34.0. The van der Waals surface area contributed by atoms with Crippen LogP contribution in [0.1, 0.15) is 128 Å². The molecule has 5 aromatic carbocycles. The predicted molar refractivity (Wildman–Crippen MR) is 399 cm³/mol. The highest BCUT2D eigenvalue weighted by Gasteiger charge is 2.52. The van der Waals surface area contributed by atoms with E-state index in [1.807, 2.05) is 75.4 Å². The number of nitrogens with one attached hydrogen (secondary N) is 2. The number of aliphatic imine (C=N–C) groups is 1. The smallest absolute Gasteiger partial charge is 0.327 e. The summed E-state index contributed by atoms with van der Waals surface area (Å²) in [5.74, 6) is -3.14. The predicted octanol–water partition coefficient (Wildman–Crippen LogP) is 8.02. The molecule has 0 amide bonds. The van der Waals surface area contributed by atoms with E-state index in [0.717, 1.165) is 38.4 Å². The van der Waals surface area contributed by atoms with Crippen LogP contribution in [0.25, 0.3) is 21.5 Å². The summed E-state index contributed by atoms with van der Waals surface area (Å²) in [5, 5.41) is 36.4. The fourth-order valence-electron chi connectivity index (χ4n) is 14.4. The normalized spacial score (nSPS) is 19.2. The van der Waals surface area contributed by atoms with Gasteiger partial charge in [0, 0.05) is 88.3 Å². The van der Waals surface area contributed by atoms with Gasteiger partial charge < -0.3 is 53.0 Å².